The van der Waals surface area contributed by atoms with Crippen molar-refractivity contribution < 1.29 is 5.11 Å². The summed E-state index contributed by atoms with van der Waals surface area (Å²) in [6.07, 6.45) is 5.58. The third kappa shape index (κ3) is 1.51. The van der Waals surface area contributed by atoms with Crippen LogP contribution in [0.3, 0.4) is 0 Å². The SMILES string of the molecule is C=CCC1(C#N)CCCCC1O. The fraction of sp³-hybridized carbons (Fsp3) is 0.700. The van der Waals surface area contributed by atoms with E-state index in [1.54, 1.807) is 6.08 Å². The van der Waals surface area contributed by atoms with Gasteiger partial charge in [-0.15, -0.1) is 6.58 Å². The van der Waals surface area contributed by atoms with Crippen LogP contribution in [0.5, 0.6) is 0 Å². The van der Waals surface area contributed by atoms with Gasteiger partial charge in [0.15, 0.2) is 0 Å². The lowest BCUT2D eigenvalue weighted by Gasteiger charge is -2.34. The zero-order valence-electron chi connectivity index (χ0n) is 7.29. The van der Waals surface area contributed by atoms with Gasteiger partial charge in [0.1, 0.15) is 0 Å². The predicted octanol–water partition coefficient (Wildman–Crippen LogP) is 2.01. The molecule has 0 aromatic heterocycles. The highest BCUT2D eigenvalue weighted by atomic mass is 16.3. The molecule has 0 heterocycles. The Labute approximate surface area is 73.5 Å². The van der Waals surface area contributed by atoms with Crippen molar-refractivity contribution in [1.29, 1.82) is 5.26 Å². The number of hydrogen-bond acceptors (Lipinski definition) is 2. The number of allylic oxidation sites excluding steroid dienone is 1. The van der Waals surface area contributed by atoms with Gasteiger partial charge in [0.2, 0.25) is 0 Å². The Hall–Kier alpha value is -0.810. The largest absolute Gasteiger partial charge is 0.391 e. The van der Waals surface area contributed by atoms with Gasteiger partial charge in [-0.2, -0.15) is 5.26 Å². The number of hydrogen-bond donors (Lipinski definition) is 1. The quantitative estimate of drug-likeness (QED) is 0.636. The summed E-state index contributed by atoms with van der Waals surface area (Å²) >= 11 is 0. The van der Waals surface area contributed by atoms with Gasteiger partial charge in [-0.25, -0.2) is 0 Å². The highest BCUT2D eigenvalue weighted by Gasteiger charge is 2.38. The molecule has 0 amide bonds. The van der Waals surface area contributed by atoms with E-state index >= 15 is 0 Å². The Morgan fingerprint density at radius 3 is 2.92 bits per heavy atom. The third-order valence-corrected chi connectivity index (χ3v) is 2.72. The van der Waals surface area contributed by atoms with Crippen LogP contribution >= 0.6 is 0 Å². The van der Waals surface area contributed by atoms with Crippen LogP contribution in [-0.4, -0.2) is 11.2 Å². The summed E-state index contributed by atoms with van der Waals surface area (Å²) in [5, 5.41) is 18.7. The second-order valence-electron chi connectivity index (χ2n) is 3.52. The topological polar surface area (TPSA) is 44.0 Å². The Morgan fingerprint density at radius 2 is 2.42 bits per heavy atom. The molecule has 0 aromatic carbocycles. The molecule has 2 nitrogen and oxygen atoms in total. The maximum atomic E-state index is 9.68. The Balaban J connectivity index is 2.74. The third-order valence-electron chi connectivity index (χ3n) is 2.72. The van der Waals surface area contributed by atoms with E-state index in [9.17, 15) is 5.11 Å². The molecule has 2 unspecified atom stereocenters. The molecule has 1 N–H and O–H groups in total. The number of nitrogens with zero attached hydrogens (tertiary/aromatic N) is 1. The Morgan fingerprint density at radius 1 is 1.67 bits per heavy atom. The molecule has 2 heteroatoms. The zero-order valence-corrected chi connectivity index (χ0v) is 7.29. The molecular formula is C10H15NO. The highest BCUT2D eigenvalue weighted by Crippen LogP contribution is 2.38. The molecule has 0 radical (unpaired) electrons. The van der Waals surface area contributed by atoms with Crippen LogP contribution in [0.25, 0.3) is 0 Å². The minimum atomic E-state index is -0.528. The van der Waals surface area contributed by atoms with Crippen molar-refractivity contribution in [2.24, 2.45) is 5.41 Å². The number of rotatable bonds is 2. The second kappa shape index (κ2) is 3.73. The fourth-order valence-electron chi connectivity index (χ4n) is 1.89. The van der Waals surface area contributed by atoms with Crippen molar-refractivity contribution in [3.8, 4) is 6.07 Å². The van der Waals surface area contributed by atoms with Gasteiger partial charge in [-0.05, 0) is 19.3 Å². The summed E-state index contributed by atoms with van der Waals surface area (Å²) in [6, 6.07) is 2.25. The van der Waals surface area contributed by atoms with Gasteiger partial charge in [0, 0.05) is 0 Å². The summed E-state index contributed by atoms with van der Waals surface area (Å²) in [6.45, 7) is 3.62. The monoisotopic (exact) mass is 165 g/mol. The molecule has 0 saturated heterocycles. The summed E-state index contributed by atoms with van der Waals surface area (Å²) in [7, 11) is 0. The average Bonchev–Trinajstić information content (AvgIpc) is 2.10. The minimum absolute atomic E-state index is 0.450. The first-order valence-electron chi connectivity index (χ1n) is 4.45. The van der Waals surface area contributed by atoms with E-state index in [1.807, 2.05) is 0 Å². The van der Waals surface area contributed by atoms with E-state index in [0.717, 1.165) is 25.7 Å². The zero-order chi connectivity index (χ0) is 9.03. The first-order valence-corrected chi connectivity index (χ1v) is 4.45. The minimum Gasteiger partial charge on any atom is -0.391 e. The molecule has 66 valence electrons. The Kier molecular flexibility index (Phi) is 2.88. The molecule has 1 rings (SSSR count). The van der Waals surface area contributed by atoms with Crippen molar-refractivity contribution in [3.05, 3.63) is 12.7 Å². The van der Waals surface area contributed by atoms with E-state index in [1.165, 1.54) is 0 Å². The van der Waals surface area contributed by atoms with E-state index < -0.39 is 11.5 Å². The standard InChI is InChI=1S/C10H15NO/c1-2-6-10(8-11)7-4-3-5-9(10)12/h2,9,12H,1,3-7H2. The second-order valence-corrected chi connectivity index (χ2v) is 3.52. The van der Waals surface area contributed by atoms with E-state index in [4.69, 9.17) is 5.26 Å². The number of aliphatic hydroxyl groups is 1. The highest BCUT2D eigenvalue weighted by molar-refractivity contribution is 5.08. The number of nitriles is 1. The predicted molar refractivity (Wildman–Crippen MR) is 47.3 cm³/mol. The maximum absolute atomic E-state index is 9.68. The lowest BCUT2D eigenvalue weighted by atomic mass is 9.71. The smallest absolute Gasteiger partial charge is 0.0866 e. The van der Waals surface area contributed by atoms with Gasteiger partial charge in [-0.3, -0.25) is 0 Å². The molecule has 2 atom stereocenters. The lowest BCUT2D eigenvalue weighted by Crippen LogP contribution is -2.36. The van der Waals surface area contributed by atoms with Crippen molar-refractivity contribution in [1.82, 2.24) is 0 Å². The normalized spacial score (nSPS) is 35.5. The fourth-order valence-corrected chi connectivity index (χ4v) is 1.89. The molecule has 1 aliphatic rings. The van der Waals surface area contributed by atoms with E-state index in [0.29, 0.717) is 6.42 Å². The van der Waals surface area contributed by atoms with Gasteiger partial charge in [-0.1, -0.05) is 18.9 Å². The van der Waals surface area contributed by atoms with Gasteiger partial charge in [0.25, 0.3) is 0 Å². The first-order chi connectivity index (χ1) is 5.75. The van der Waals surface area contributed by atoms with E-state index in [2.05, 4.69) is 12.6 Å². The van der Waals surface area contributed by atoms with Crippen LogP contribution in [0, 0.1) is 16.7 Å². The Bertz CT molecular complexity index is 206. The van der Waals surface area contributed by atoms with Crippen LogP contribution in [0.15, 0.2) is 12.7 Å². The molecule has 1 fully saturated rings. The molecule has 1 saturated carbocycles. The van der Waals surface area contributed by atoms with Crippen LogP contribution in [0.2, 0.25) is 0 Å². The molecule has 0 aromatic rings. The van der Waals surface area contributed by atoms with E-state index in [-0.39, 0.29) is 0 Å². The van der Waals surface area contributed by atoms with Gasteiger partial charge < -0.3 is 5.11 Å². The van der Waals surface area contributed by atoms with Crippen LogP contribution in [0.4, 0.5) is 0 Å². The first kappa shape index (κ1) is 9.28. The van der Waals surface area contributed by atoms with Gasteiger partial charge in [0.05, 0.1) is 17.6 Å². The number of aliphatic hydroxyl groups excluding tert-OH is 1. The van der Waals surface area contributed by atoms with Crippen LogP contribution in [-0.2, 0) is 0 Å². The summed E-state index contributed by atoms with van der Waals surface area (Å²) in [5.74, 6) is 0. The van der Waals surface area contributed by atoms with Crippen molar-refractivity contribution in [3.63, 3.8) is 0 Å². The average molecular weight is 165 g/mol. The summed E-state index contributed by atoms with van der Waals surface area (Å²) < 4.78 is 0. The molecule has 0 aliphatic heterocycles. The summed E-state index contributed by atoms with van der Waals surface area (Å²) in [4.78, 5) is 0. The summed E-state index contributed by atoms with van der Waals surface area (Å²) in [5.41, 5.74) is -0.528. The molecule has 12 heavy (non-hydrogen) atoms. The molecule has 0 bridgehead atoms. The lowest BCUT2D eigenvalue weighted by molar-refractivity contribution is 0.0278. The van der Waals surface area contributed by atoms with Crippen molar-refractivity contribution in [2.75, 3.05) is 0 Å². The molecular weight excluding hydrogens is 150 g/mol. The van der Waals surface area contributed by atoms with Crippen LogP contribution in [0.1, 0.15) is 32.1 Å². The maximum Gasteiger partial charge on any atom is 0.0866 e. The van der Waals surface area contributed by atoms with Crippen molar-refractivity contribution in [2.45, 2.75) is 38.2 Å². The van der Waals surface area contributed by atoms with Gasteiger partial charge >= 0.3 is 0 Å². The van der Waals surface area contributed by atoms with Crippen molar-refractivity contribution >= 4 is 0 Å². The molecule has 1 aliphatic carbocycles. The van der Waals surface area contributed by atoms with Crippen LogP contribution < -0.4 is 0 Å². The molecule has 0 spiro atoms.